The third-order valence-electron chi connectivity index (χ3n) is 2.67. The number of allylic oxidation sites excluding steroid dienone is 1. The van der Waals surface area contributed by atoms with Crippen molar-refractivity contribution in [2.45, 2.75) is 25.6 Å². The van der Waals surface area contributed by atoms with Crippen LogP contribution < -0.4 is 5.14 Å². The molecule has 0 spiro atoms. The predicted molar refractivity (Wildman–Crippen MR) is 60.2 cm³/mol. The molecule has 17 heavy (non-hydrogen) atoms. The van der Waals surface area contributed by atoms with Gasteiger partial charge in [0, 0.05) is 5.92 Å². The summed E-state index contributed by atoms with van der Waals surface area (Å²) in [6, 6.07) is 0. The van der Waals surface area contributed by atoms with Gasteiger partial charge in [-0.05, 0) is 6.92 Å². The minimum Gasteiger partial charge on any atom is -0.466 e. The van der Waals surface area contributed by atoms with Crippen LogP contribution in [0, 0.1) is 5.92 Å². The molecule has 1 aliphatic heterocycles. The molecule has 0 amide bonds. The van der Waals surface area contributed by atoms with Crippen LogP contribution in [0.5, 0.6) is 0 Å². The van der Waals surface area contributed by atoms with Crippen molar-refractivity contribution < 1.29 is 17.9 Å². The summed E-state index contributed by atoms with van der Waals surface area (Å²) in [5, 5.41) is 12.6. The van der Waals surface area contributed by atoms with Crippen molar-refractivity contribution in [3.05, 3.63) is 11.3 Å². The van der Waals surface area contributed by atoms with Gasteiger partial charge in [0.15, 0.2) is 0 Å². The van der Waals surface area contributed by atoms with Crippen molar-refractivity contribution in [3.8, 4) is 0 Å². The SMILES string of the molecule is COC(=O)C1=C(C)N=NC1(C(C)C)S(N)(=O)=O. The van der Waals surface area contributed by atoms with E-state index in [2.05, 4.69) is 15.0 Å². The van der Waals surface area contributed by atoms with Crippen LogP contribution in [0.1, 0.15) is 20.8 Å². The van der Waals surface area contributed by atoms with Crippen LogP contribution >= 0.6 is 0 Å². The molecule has 0 saturated carbocycles. The zero-order valence-electron chi connectivity index (χ0n) is 10.1. The Kier molecular flexibility index (Phi) is 3.40. The van der Waals surface area contributed by atoms with Crippen molar-refractivity contribution in [2.24, 2.45) is 21.3 Å². The fraction of sp³-hybridized carbons (Fsp3) is 0.667. The molecule has 1 rings (SSSR count). The van der Waals surface area contributed by atoms with E-state index >= 15 is 0 Å². The Morgan fingerprint density at radius 3 is 2.35 bits per heavy atom. The number of carbonyl (C=O) groups excluding carboxylic acids is 1. The maximum atomic E-state index is 11.8. The van der Waals surface area contributed by atoms with E-state index in [-0.39, 0.29) is 11.3 Å². The number of hydrogen-bond donors (Lipinski definition) is 1. The zero-order valence-corrected chi connectivity index (χ0v) is 10.9. The lowest BCUT2D eigenvalue weighted by atomic mass is 9.95. The quantitative estimate of drug-likeness (QED) is 0.747. The second-order valence-corrected chi connectivity index (χ2v) is 5.76. The molecule has 1 heterocycles. The molecule has 0 aromatic carbocycles. The minimum absolute atomic E-state index is 0.113. The Labute approximate surface area is 99.8 Å². The number of nitrogens with zero attached hydrogens (tertiary/aromatic N) is 2. The highest BCUT2D eigenvalue weighted by molar-refractivity contribution is 7.90. The van der Waals surface area contributed by atoms with Crippen molar-refractivity contribution in [2.75, 3.05) is 7.11 Å². The maximum absolute atomic E-state index is 11.8. The van der Waals surface area contributed by atoms with Gasteiger partial charge in [0.25, 0.3) is 0 Å². The fourth-order valence-corrected chi connectivity index (χ4v) is 3.16. The Balaban J connectivity index is 3.56. The first kappa shape index (κ1) is 13.8. The highest BCUT2D eigenvalue weighted by atomic mass is 32.2. The third-order valence-corrected chi connectivity index (χ3v) is 4.30. The van der Waals surface area contributed by atoms with Gasteiger partial charge in [0.05, 0.1) is 12.8 Å². The number of sulfonamides is 1. The number of esters is 1. The summed E-state index contributed by atoms with van der Waals surface area (Å²) in [6.07, 6.45) is 0. The van der Waals surface area contributed by atoms with Gasteiger partial charge in [0.2, 0.25) is 14.9 Å². The number of nitrogens with two attached hydrogens (primary N) is 1. The maximum Gasteiger partial charge on any atom is 0.339 e. The largest absolute Gasteiger partial charge is 0.466 e. The highest BCUT2D eigenvalue weighted by Gasteiger charge is 2.55. The molecule has 8 heteroatoms. The van der Waals surface area contributed by atoms with Gasteiger partial charge in [-0.25, -0.2) is 18.4 Å². The number of carbonyl (C=O) groups is 1. The van der Waals surface area contributed by atoms with E-state index < -0.39 is 26.8 Å². The molecule has 0 fully saturated rings. The van der Waals surface area contributed by atoms with Crippen LogP contribution in [-0.2, 0) is 19.6 Å². The van der Waals surface area contributed by atoms with E-state index in [1.165, 1.54) is 6.92 Å². The van der Waals surface area contributed by atoms with E-state index in [9.17, 15) is 13.2 Å². The smallest absolute Gasteiger partial charge is 0.339 e. The Bertz CT molecular complexity index is 506. The molecule has 96 valence electrons. The zero-order chi connectivity index (χ0) is 13.4. The topological polar surface area (TPSA) is 111 Å². The molecule has 0 radical (unpaired) electrons. The molecular formula is C9H15N3O4S. The Morgan fingerprint density at radius 1 is 1.47 bits per heavy atom. The molecule has 1 unspecified atom stereocenters. The summed E-state index contributed by atoms with van der Waals surface area (Å²) in [5.41, 5.74) is 0.0945. The number of rotatable bonds is 3. The molecule has 0 bridgehead atoms. The van der Waals surface area contributed by atoms with Gasteiger partial charge in [-0.15, -0.1) is 0 Å². The van der Waals surface area contributed by atoms with Crippen LogP contribution in [0.3, 0.4) is 0 Å². The average Bonchev–Trinajstić information content (AvgIpc) is 2.55. The molecule has 1 aliphatic rings. The van der Waals surface area contributed by atoms with Crippen molar-refractivity contribution in [3.63, 3.8) is 0 Å². The van der Waals surface area contributed by atoms with Crippen LogP contribution in [0.15, 0.2) is 21.5 Å². The fourth-order valence-electron chi connectivity index (χ4n) is 1.84. The number of primary sulfonamides is 1. The van der Waals surface area contributed by atoms with Gasteiger partial charge in [-0.3, -0.25) is 0 Å². The normalized spacial score (nSPS) is 24.6. The van der Waals surface area contributed by atoms with Crippen LogP contribution in [0.2, 0.25) is 0 Å². The number of hydrogen-bond acceptors (Lipinski definition) is 6. The summed E-state index contributed by atoms with van der Waals surface area (Å²) in [5.74, 6) is -1.32. The van der Waals surface area contributed by atoms with Crippen LogP contribution in [0.4, 0.5) is 0 Å². The van der Waals surface area contributed by atoms with Crippen LogP contribution in [0.25, 0.3) is 0 Å². The van der Waals surface area contributed by atoms with Gasteiger partial charge >= 0.3 is 5.97 Å². The van der Waals surface area contributed by atoms with Crippen molar-refractivity contribution in [1.29, 1.82) is 0 Å². The average molecular weight is 261 g/mol. The lowest BCUT2D eigenvalue weighted by molar-refractivity contribution is -0.136. The van der Waals surface area contributed by atoms with E-state index in [4.69, 9.17) is 5.14 Å². The number of azo groups is 1. The molecule has 0 aliphatic carbocycles. The number of ether oxygens (including phenoxy) is 1. The lowest BCUT2D eigenvalue weighted by Crippen LogP contribution is -2.48. The van der Waals surface area contributed by atoms with E-state index in [0.29, 0.717) is 0 Å². The summed E-state index contributed by atoms with van der Waals surface area (Å²) in [7, 11) is -2.96. The lowest BCUT2D eigenvalue weighted by Gasteiger charge is -2.28. The number of methoxy groups -OCH3 is 1. The van der Waals surface area contributed by atoms with Gasteiger partial charge in [0.1, 0.15) is 5.57 Å². The van der Waals surface area contributed by atoms with Crippen LogP contribution in [-0.4, -0.2) is 26.4 Å². The van der Waals surface area contributed by atoms with Gasteiger partial charge in [-0.1, -0.05) is 13.8 Å². The summed E-state index contributed by atoms with van der Waals surface area (Å²) >= 11 is 0. The summed E-state index contributed by atoms with van der Waals surface area (Å²) in [6.45, 7) is 4.70. The summed E-state index contributed by atoms with van der Waals surface area (Å²) in [4.78, 5) is 9.83. The monoisotopic (exact) mass is 261 g/mol. The van der Waals surface area contributed by atoms with Gasteiger partial charge in [-0.2, -0.15) is 10.2 Å². The molecule has 0 aromatic rings. The van der Waals surface area contributed by atoms with Crippen molar-refractivity contribution >= 4 is 16.0 Å². The molecule has 0 aromatic heterocycles. The Hall–Kier alpha value is -1.28. The second kappa shape index (κ2) is 4.19. The van der Waals surface area contributed by atoms with E-state index in [1.807, 2.05) is 0 Å². The van der Waals surface area contributed by atoms with Crippen molar-refractivity contribution in [1.82, 2.24) is 0 Å². The second-order valence-electron chi connectivity index (χ2n) is 4.05. The summed E-state index contributed by atoms with van der Waals surface area (Å²) < 4.78 is 28.1. The first-order valence-electron chi connectivity index (χ1n) is 4.93. The van der Waals surface area contributed by atoms with Gasteiger partial charge < -0.3 is 4.74 Å². The third kappa shape index (κ3) is 1.87. The van der Waals surface area contributed by atoms with E-state index in [1.54, 1.807) is 13.8 Å². The molecule has 0 saturated heterocycles. The molecular weight excluding hydrogens is 246 g/mol. The molecule has 1 atom stereocenters. The minimum atomic E-state index is -4.12. The first-order chi connectivity index (χ1) is 7.68. The Morgan fingerprint density at radius 2 is 2.00 bits per heavy atom. The first-order valence-corrected chi connectivity index (χ1v) is 6.48. The molecule has 2 N–H and O–H groups in total. The van der Waals surface area contributed by atoms with E-state index in [0.717, 1.165) is 7.11 Å². The standard InChI is InChI=1S/C9H15N3O4S/c1-5(2)9(17(10,14)15)7(8(13)16-4)6(3)11-12-9/h5H,1-4H3,(H2,10,14,15). The highest BCUT2D eigenvalue weighted by Crippen LogP contribution is 2.41. The predicted octanol–water partition coefficient (Wildman–Crippen LogP) is 0.540. The molecule has 7 nitrogen and oxygen atoms in total.